The topological polar surface area (TPSA) is 0 Å². The van der Waals surface area contributed by atoms with Gasteiger partial charge in [0.15, 0.2) is 0 Å². The molecule has 0 heterocycles. The van der Waals surface area contributed by atoms with Crippen LogP contribution in [0.2, 0.25) is 0 Å². The molecule has 0 amide bonds. The van der Waals surface area contributed by atoms with E-state index >= 15 is 0 Å². The van der Waals surface area contributed by atoms with Crippen LogP contribution in [0.15, 0.2) is 54.6 Å². The summed E-state index contributed by atoms with van der Waals surface area (Å²) in [5.74, 6) is 0. The molecule has 21 heavy (non-hydrogen) atoms. The van der Waals surface area contributed by atoms with Crippen LogP contribution in [-0.4, -0.2) is 0 Å². The van der Waals surface area contributed by atoms with E-state index in [1.165, 1.54) is 37.9 Å². The molecule has 0 aliphatic carbocycles. The highest BCUT2D eigenvalue weighted by Crippen LogP contribution is 2.26. The average molecular weight is 272 g/mol. The maximum atomic E-state index is 2.23. The van der Waals surface area contributed by atoms with Crippen molar-refractivity contribution in [3.8, 4) is 11.1 Å². The van der Waals surface area contributed by atoms with Crippen LogP contribution in [0, 0.1) is 6.92 Å². The fourth-order valence-corrected chi connectivity index (χ4v) is 3.24. The summed E-state index contributed by atoms with van der Waals surface area (Å²) in [6.45, 7) is 6.47. The molecule has 0 N–H and O–H groups in total. The second-order valence-electron chi connectivity index (χ2n) is 5.32. The molecule has 0 aliphatic rings. The van der Waals surface area contributed by atoms with Crippen molar-refractivity contribution >= 4 is 22.9 Å². The summed E-state index contributed by atoms with van der Waals surface area (Å²) in [5, 5.41) is 5.35. The largest absolute Gasteiger partial charge is 0.0795 e. The normalized spacial score (nSPS) is 13.1. The second kappa shape index (κ2) is 5.57. The Kier molecular flexibility index (Phi) is 3.62. The van der Waals surface area contributed by atoms with Crippen LogP contribution >= 0.6 is 0 Å². The lowest BCUT2D eigenvalue weighted by atomic mass is 9.91. The molecule has 3 rings (SSSR count). The third-order valence-electron chi connectivity index (χ3n) is 4.20. The van der Waals surface area contributed by atoms with Gasteiger partial charge in [0.05, 0.1) is 0 Å². The molecule has 0 spiro atoms. The van der Waals surface area contributed by atoms with Gasteiger partial charge in [-0.05, 0) is 58.7 Å². The van der Waals surface area contributed by atoms with Crippen molar-refractivity contribution in [2.75, 3.05) is 0 Å². The predicted molar refractivity (Wildman–Crippen MR) is 93.6 cm³/mol. The van der Waals surface area contributed by atoms with Crippen LogP contribution in [0.4, 0.5) is 0 Å². The van der Waals surface area contributed by atoms with Gasteiger partial charge in [-0.15, -0.1) is 0 Å². The van der Waals surface area contributed by atoms with Gasteiger partial charge < -0.3 is 0 Å². The van der Waals surface area contributed by atoms with E-state index < -0.39 is 0 Å². The van der Waals surface area contributed by atoms with Gasteiger partial charge in [0.1, 0.15) is 0 Å². The van der Waals surface area contributed by atoms with Crippen molar-refractivity contribution in [3.63, 3.8) is 0 Å². The van der Waals surface area contributed by atoms with Crippen LogP contribution in [-0.2, 0) is 0 Å². The van der Waals surface area contributed by atoms with E-state index in [0.29, 0.717) is 0 Å². The first-order chi connectivity index (χ1) is 10.3. The minimum absolute atomic E-state index is 1.28. The molecule has 3 aromatic rings. The molecule has 0 nitrogen and oxygen atoms in total. The molecule has 0 aromatic heterocycles. The number of fused-ring (bicyclic) bond motifs is 1. The number of hydrogen-bond donors (Lipinski definition) is 0. The van der Waals surface area contributed by atoms with Crippen molar-refractivity contribution in [2.24, 2.45) is 0 Å². The van der Waals surface area contributed by atoms with Crippen molar-refractivity contribution < 1.29 is 0 Å². The molecule has 104 valence electrons. The fraction of sp³-hybridized carbons (Fsp3) is 0.143. The quantitative estimate of drug-likeness (QED) is 0.615. The maximum Gasteiger partial charge on any atom is -0.00300 e. The number of benzene rings is 3. The summed E-state index contributed by atoms with van der Waals surface area (Å²) in [5.41, 5.74) is 3.98. The summed E-state index contributed by atoms with van der Waals surface area (Å²) in [6.07, 6.45) is 4.46. The Balaban J connectivity index is 2.63. The summed E-state index contributed by atoms with van der Waals surface area (Å²) in [7, 11) is 0. The molecule has 0 saturated heterocycles. The van der Waals surface area contributed by atoms with Gasteiger partial charge >= 0.3 is 0 Å². The van der Waals surface area contributed by atoms with E-state index in [2.05, 4.69) is 87.5 Å². The molecule has 0 fully saturated rings. The summed E-state index contributed by atoms with van der Waals surface area (Å²) >= 11 is 0. The van der Waals surface area contributed by atoms with Crippen molar-refractivity contribution in [2.45, 2.75) is 20.8 Å². The molecule has 0 heteroatoms. The number of rotatable bonds is 1. The Morgan fingerprint density at radius 3 is 1.86 bits per heavy atom. The third kappa shape index (κ3) is 2.17. The molecule has 0 saturated carbocycles. The van der Waals surface area contributed by atoms with E-state index in [0.717, 1.165) is 0 Å². The molecule has 3 aromatic carbocycles. The van der Waals surface area contributed by atoms with E-state index in [4.69, 9.17) is 0 Å². The second-order valence-corrected chi connectivity index (χ2v) is 5.32. The van der Waals surface area contributed by atoms with Gasteiger partial charge in [-0.25, -0.2) is 0 Å². The van der Waals surface area contributed by atoms with Gasteiger partial charge in [-0.2, -0.15) is 0 Å². The first-order valence-electron chi connectivity index (χ1n) is 7.47. The Bertz CT molecular complexity index is 900. The van der Waals surface area contributed by atoms with Crippen molar-refractivity contribution in [3.05, 3.63) is 70.6 Å². The highest BCUT2D eigenvalue weighted by atomic mass is 14.1. The smallest absolute Gasteiger partial charge is 0.00300 e. The molecule has 0 aliphatic heterocycles. The first kappa shape index (κ1) is 13.6. The Labute approximate surface area is 126 Å². The van der Waals surface area contributed by atoms with Crippen LogP contribution in [0.1, 0.15) is 19.4 Å². The minimum Gasteiger partial charge on any atom is -0.0795 e. The average Bonchev–Trinajstić information content (AvgIpc) is 2.55. The van der Waals surface area contributed by atoms with Gasteiger partial charge in [0.25, 0.3) is 0 Å². The van der Waals surface area contributed by atoms with Crippen molar-refractivity contribution in [1.29, 1.82) is 0 Å². The van der Waals surface area contributed by atoms with Gasteiger partial charge in [0.2, 0.25) is 0 Å². The van der Waals surface area contributed by atoms with E-state index in [1.807, 2.05) is 0 Å². The highest BCUT2D eigenvalue weighted by Gasteiger charge is 2.09. The lowest BCUT2D eigenvalue weighted by molar-refractivity contribution is 1.40. The van der Waals surface area contributed by atoms with Gasteiger partial charge in [0, 0.05) is 0 Å². The zero-order valence-electron chi connectivity index (χ0n) is 12.9. The molecule has 0 unspecified atom stereocenters. The first-order valence-corrected chi connectivity index (χ1v) is 7.47. The Morgan fingerprint density at radius 2 is 1.24 bits per heavy atom. The van der Waals surface area contributed by atoms with Crippen LogP contribution in [0.25, 0.3) is 34.1 Å². The molecular formula is C21H20. The molecule has 0 bridgehead atoms. The zero-order valence-corrected chi connectivity index (χ0v) is 12.9. The summed E-state index contributed by atoms with van der Waals surface area (Å²) < 4.78 is 0. The summed E-state index contributed by atoms with van der Waals surface area (Å²) in [4.78, 5) is 0. The highest BCUT2D eigenvalue weighted by molar-refractivity contribution is 5.99. The van der Waals surface area contributed by atoms with E-state index in [-0.39, 0.29) is 0 Å². The maximum absolute atomic E-state index is 2.23. The van der Waals surface area contributed by atoms with Gasteiger partial charge in [-0.3, -0.25) is 0 Å². The lowest BCUT2D eigenvalue weighted by Crippen LogP contribution is -2.29. The predicted octanol–water partition coefficient (Wildman–Crippen LogP) is 4.42. The van der Waals surface area contributed by atoms with Crippen molar-refractivity contribution in [1.82, 2.24) is 0 Å². The number of aryl methyl sites for hydroxylation is 1. The Hall–Kier alpha value is -2.34. The standard InChI is InChI=1S/C21H20/c1-4-17-15(3)19-13-9-10-14-20(19)21(18(17)5-2)16-11-7-6-8-12-16/h4-14H,1-3H3/b17-4-,18-5+. The Morgan fingerprint density at radius 1 is 0.667 bits per heavy atom. The van der Waals surface area contributed by atoms with E-state index in [9.17, 15) is 0 Å². The van der Waals surface area contributed by atoms with Gasteiger partial charge in [-0.1, -0.05) is 66.7 Å². The number of hydrogen-bond acceptors (Lipinski definition) is 0. The minimum atomic E-state index is 1.28. The SMILES string of the molecule is C/C=c1/c(C)c2ccccc2c(-c2ccccc2)/c1=C/C. The lowest BCUT2D eigenvalue weighted by Gasteiger charge is -2.12. The molecule has 0 atom stereocenters. The third-order valence-corrected chi connectivity index (χ3v) is 4.20. The van der Waals surface area contributed by atoms with Crippen LogP contribution in [0.3, 0.4) is 0 Å². The van der Waals surface area contributed by atoms with Crippen LogP contribution in [0.5, 0.6) is 0 Å². The molecular weight excluding hydrogens is 252 g/mol. The summed E-state index contributed by atoms with van der Waals surface area (Å²) in [6, 6.07) is 19.4. The van der Waals surface area contributed by atoms with E-state index in [1.54, 1.807) is 0 Å². The monoisotopic (exact) mass is 272 g/mol. The molecule has 0 radical (unpaired) electrons. The van der Waals surface area contributed by atoms with Crippen LogP contribution < -0.4 is 10.4 Å². The fourth-order valence-electron chi connectivity index (χ4n) is 3.24. The zero-order chi connectivity index (χ0) is 14.8.